The first-order valence-electron chi connectivity index (χ1n) is 8.91. The maximum Gasteiger partial charge on any atom is 0.228 e. The Morgan fingerprint density at radius 2 is 2.07 bits per heavy atom. The summed E-state index contributed by atoms with van der Waals surface area (Å²) in [5.74, 6) is 0.163. The molecule has 0 aliphatic carbocycles. The average Bonchev–Trinajstić information content (AvgIpc) is 2.98. The van der Waals surface area contributed by atoms with E-state index >= 15 is 0 Å². The summed E-state index contributed by atoms with van der Waals surface area (Å²) in [5.41, 5.74) is 6.66. The second-order valence-corrected chi connectivity index (χ2v) is 8.30. The summed E-state index contributed by atoms with van der Waals surface area (Å²) in [7, 11) is 1.55. The van der Waals surface area contributed by atoms with Crippen LogP contribution in [0.3, 0.4) is 0 Å². The van der Waals surface area contributed by atoms with Crippen LogP contribution in [0.2, 0.25) is 5.02 Å². The zero-order valence-electron chi connectivity index (χ0n) is 15.9. The number of nitrogens with two attached hydrogens (primary N) is 1. The number of rotatable bonds is 3. The number of benzene rings is 1. The van der Waals surface area contributed by atoms with Gasteiger partial charge in [-0.3, -0.25) is 9.59 Å². The summed E-state index contributed by atoms with van der Waals surface area (Å²) >= 11 is 6.09. The number of anilines is 1. The van der Waals surface area contributed by atoms with Gasteiger partial charge in [-0.05, 0) is 30.0 Å². The number of hydrogen-bond acceptors (Lipinski definition) is 4. The molecule has 2 heterocycles. The topological polar surface area (TPSA) is 75.9 Å². The van der Waals surface area contributed by atoms with Gasteiger partial charge in [0.15, 0.2) is 0 Å². The standard InChI is InChI=1S/C19H26ClN3O3.ClH/c1-19(2)11-22(7-6-16(19)21)18(25)12-8-17(24)23(10-12)14-9-13(20)4-5-15(14)26-3;/h4-5,9,12,16H,6-8,10-11,21H2,1-3H3;1H. The van der Waals surface area contributed by atoms with E-state index in [1.54, 1.807) is 30.2 Å². The van der Waals surface area contributed by atoms with E-state index in [9.17, 15) is 9.59 Å². The molecule has 3 rings (SSSR count). The van der Waals surface area contributed by atoms with Crippen molar-refractivity contribution in [2.24, 2.45) is 17.1 Å². The van der Waals surface area contributed by atoms with E-state index in [1.807, 2.05) is 4.90 Å². The van der Waals surface area contributed by atoms with E-state index in [2.05, 4.69) is 13.8 Å². The van der Waals surface area contributed by atoms with Crippen LogP contribution in [0.15, 0.2) is 18.2 Å². The number of halogens is 2. The lowest BCUT2D eigenvalue weighted by Crippen LogP contribution is -2.55. The SMILES string of the molecule is COc1ccc(Cl)cc1N1CC(C(=O)N2CCC(N)C(C)(C)C2)CC1=O.Cl. The van der Waals surface area contributed by atoms with Gasteiger partial charge in [-0.15, -0.1) is 12.4 Å². The van der Waals surface area contributed by atoms with Crippen molar-refractivity contribution in [3.8, 4) is 5.75 Å². The fourth-order valence-electron chi connectivity index (χ4n) is 3.80. The average molecular weight is 416 g/mol. The number of methoxy groups -OCH3 is 1. The first kappa shape index (κ1) is 21.8. The molecular formula is C19H27Cl2N3O3. The lowest BCUT2D eigenvalue weighted by atomic mass is 9.79. The van der Waals surface area contributed by atoms with Gasteiger partial charge in [0.05, 0.1) is 18.7 Å². The van der Waals surface area contributed by atoms with Crippen molar-refractivity contribution in [1.82, 2.24) is 4.90 Å². The predicted octanol–water partition coefficient (Wildman–Crippen LogP) is 2.71. The van der Waals surface area contributed by atoms with Gasteiger partial charge in [-0.25, -0.2) is 0 Å². The summed E-state index contributed by atoms with van der Waals surface area (Å²) in [6.07, 6.45) is 0.989. The van der Waals surface area contributed by atoms with Crippen LogP contribution in [0.5, 0.6) is 5.75 Å². The van der Waals surface area contributed by atoms with Crippen molar-refractivity contribution < 1.29 is 14.3 Å². The van der Waals surface area contributed by atoms with Crippen LogP contribution in [-0.4, -0.2) is 49.5 Å². The molecule has 0 saturated carbocycles. The number of nitrogens with zero attached hydrogens (tertiary/aromatic N) is 2. The molecule has 150 valence electrons. The molecule has 0 bridgehead atoms. The molecule has 2 fully saturated rings. The minimum atomic E-state index is -0.351. The van der Waals surface area contributed by atoms with E-state index < -0.39 is 0 Å². The molecule has 27 heavy (non-hydrogen) atoms. The minimum Gasteiger partial charge on any atom is -0.495 e. The van der Waals surface area contributed by atoms with Gasteiger partial charge in [-0.2, -0.15) is 0 Å². The minimum absolute atomic E-state index is 0. The normalized spacial score (nSPS) is 24.6. The Labute approximate surface area is 171 Å². The molecule has 2 unspecified atom stereocenters. The fourth-order valence-corrected chi connectivity index (χ4v) is 3.97. The molecule has 2 saturated heterocycles. The van der Waals surface area contributed by atoms with Gasteiger partial charge in [-0.1, -0.05) is 25.4 Å². The molecule has 2 N–H and O–H groups in total. The number of hydrogen-bond donors (Lipinski definition) is 1. The quantitative estimate of drug-likeness (QED) is 0.822. The Morgan fingerprint density at radius 3 is 2.70 bits per heavy atom. The smallest absolute Gasteiger partial charge is 0.228 e. The summed E-state index contributed by atoms with van der Waals surface area (Å²) in [6, 6.07) is 5.23. The van der Waals surface area contributed by atoms with Gasteiger partial charge in [0.1, 0.15) is 5.75 Å². The fraction of sp³-hybridized carbons (Fsp3) is 0.579. The van der Waals surface area contributed by atoms with Crippen molar-refractivity contribution in [2.75, 3.05) is 31.6 Å². The Bertz CT molecular complexity index is 726. The summed E-state index contributed by atoms with van der Waals surface area (Å²) in [6.45, 7) is 5.78. The van der Waals surface area contributed by atoms with Gasteiger partial charge < -0.3 is 20.3 Å². The highest BCUT2D eigenvalue weighted by atomic mass is 35.5. The molecule has 8 heteroatoms. The van der Waals surface area contributed by atoms with Gasteiger partial charge in [0.2, 0.25) is 11.8 Å². The number of piperidine rings is 1. The molecule has 2 aliphatic rings. The third-order valence-corrected chi connectivity index (χ3v) is 5.76. The zero-order valence-corrected chi connectivity index (χ0v) is 17.5. The number of ether oxygens (including phenoxy) is 1. The molecule has 6 nitrogen and oxygen atoms in total. The van der Waals surface area contributed by atoms with Crippen LogP contribution in [0.4, 0.5) is 5.69 Å². The molecule has 2 amide bonds. The van der Waals surface area contributed by atoms with Crippen molar-refractivity contribution in [3.63, 3.8) is 0 Å². The van der Waals surface area contributed by atoms with Gasteiger partial charge in [0, 0.05) is 37.1 Å². The van der Waals surface area contributed by atoms with Gasteiger partial charge >= 0.3 is 0 Å². The Balaban J connectivity index is 0.00000261. The molecule has 1 aromatic carbocycles. The molecule has 0 radical (unpaired) electrons. The summed E-state index contributed by atoms with van der Waals surface area (Å²) < 4.78 is 5.35. The van der Waals surface area contributed by atoms with Crippen molar-refractivity contribution in [2.45, 2.75) is 32.7 Å². The second kappa shape index (κ2) is 8.25. The highest BCUT2D eigenvalue weighted by Gasteiger charge is 2.41. The molecule has 0 aromatic heterocycles. The molecule has 2 aliphatic heterocycles. The lowest BCUT2D eigenvalue weighted by molar-refractivity contribution is -0.139. The highest BCUT2D eigenvalue weighted by molar-refractivity contribution is 6.31. The molecular weight excluding hydrogens is 389 g/mol. The van der Waals surface area contributed by atoms with Crippen LogP contribution in [0.25, 0.3) is 0 Å². The summed E-state index contributed by atoms with van der Waals surface area (Å²) in [5, 5.41) is 0.523. The lowest BCUT2D eigenvalue weighted by Gasteiger charge is -2.43. The van der Waals surface area contributed by atoms with E-state index in [-0.39, 0.29) is 48.0 Å². The third kappa shape index (κ3) is 4.33. The largest absolute Gasteiger partial charge is 0.495 e. The van der Waals surface area contributed by atoms with Crippen LogP contribution in [0.1, 0.15) is 26.7 Å². The van der Waals surface area contributed by atoms with E-state index in [0.717, 1.165) is 6.42 Å². The Kier molecular flexibility index (Phi) is 6.66. The number of carbonyl (C=O) groups is 2. The van der Waals surface area contributed by atoms with E-state index in [4.69, 9.17) is 22.1 Å². The Morgan fingerprint density at radius 1 is 1.37 bits per heavy atom. The molecule has 1 aromatic rings. The number of carbonyl (C=O) groups excluding carboxylic acids is 2. The number of likely N-dealkylation sites (tertiary alicyclic amines) is 1. The van der Waals surface area contributed by atoms with E-state index in [0.29, 0.717) is 36.1 Å². The van der Waals surface area contributed by atoms with Crippen LogP contribution in [-0.2, 0) is 9.59 Å². The van der Waals surface area contributed by atoms with Crippen LogP contribution in [0, 0.1) is 11.3 Å². The van der Waals surface area contributed by atoms with Crippen molar-refractivity contribution in [1.29, 1.82) is 0 Å². The maximum absolute atomic E-state index is 13.0. The number of amides is 2. The third-order valence-electron chi connectivity index (χ3n) is 5.53. The van der Waals surface area contributed by atoms with Crippen molar-refractivity contribution >= 4 is 41.5 Å². The van der Waals surface area contributed by atoms with Gasteiger partial charge in [0.25, 0.3) is 0 Å². The highest BCUT2D eigenvalue weighted by Crippen LogP contribution is 2.36. The monoisotopic (exact) mass is 415 g/mol. The van der Waals surface area contributed by atoms with E-state index in [1.165, 1.54) is 0 Å². The second-order valence-electron chi connectivity index (χ2n) is 7.87. The predicted molar refractivity (Wildman–Crippen MR) is 109 cm³/mol. The molecule has 0 spiro atoms. The first-order chi connectivity index (χ1) is 12.2. The van der Waals surface area contributed by atoms with Crippen molar-refractivity contribution in [3.05, 3.63) is 23.2 Å². The summed E-state index contributed by atoms with van der Waals surface area (Å²) in [4.78, 5) is 29.0. The maximum atomic E-state index is 13.0. The Hall–Kier alpha value is -1.50. The zero-order chi connectivity index (χ0) is 19.1. The first-order valence-corrected chi connectivity index (χ1v) is 9.29. The van der Waals surface area contributed by atoms with Crippen LogP contribution >= 0.6 is 24.0 Å². The molecule has 2 atom stereocenters. The van der Waals surface area contributed by atoms with Crippen LogP contribution < -0.4 is 15.4 Å².